The summed E-state index contributed by atoms with van der Waals surface area (Å²) in [7, 11) is 1.09. The maximum absolute atomic E-state index is 13.1. The van der Waals surface area contributed by atoms with Crippen LogP contribution in [0.4, 0.5) is 0 Å². The maximum atomic E-state index is 13.1. The lowest BCUT2D eigenvalue weighted by atomic mass is 10.1. The third-order valence-electron chi connectivity index (χ3n) is 9.09. The van der Waals surface area contributed by atoms with Gasteiger partial charge in [-0.25, -0.2) is 0 Å². The summed E-state index contributed by atoms with van der Waals surface area (Å²) < 4.78 is 0. The Morgan fingerprint density at radius 1 is 0.587 bits per heavy atom. The van der Waals surface area contributed by atoms with Crippen LogP contribution in [-0.4, -0.2) is 40.3 Å². The van der Waals surface area contributed by atoms with Crippen LogP contribution in [-0.2, 0) is 9.59 Å². The molecule has 0 radical (unpaired) electrons. The Morgan fingerprint density at radius 2 is 0.913 bits per heavy atom. The van der Waals surface area contributed by atoms with Gasteiger partial charge in [-0.3, -0.25) is 14.5 Å². The minimum atomic E-state index is -0.766. The SMILES string of the molecule is CCCCCCCC/C=C\CCCCCCCC(=O)N(CC(O)C1=CP=C1)C(=O)CCCCCCC/C=C\CCCCCCCC. The molecule has 0 saturated carbocycles. The van der Waals surface area contributed by atoms with Crippen LogP contribution in [0.25, 0.3) is 0 Å². The average Bonchev–Trinajstić information content (AvgIpc) is 3.02. The van der Waals surface area contributed by atoms with Crippen LogP contribution in [0.5, 0.6) is 0 Å². The van der Waals surface area contributed by atoms with Crippen LogP contribution in [0, 0.1) is 0 Å². The van der Waals surface area contributed by atoms with Gasteiger partial charge in [-0.15, -0.1) is 0 Å². The summed E-state index contributed by atoms with van der Waals surface area (Å²) >= 11 is 0. The van der Waals surface area contributed by atoms with Crippen molar-refractivity contribution in [2.45, 2.75) is 200 Å². The van der Waals surface area contributed by atoms with Crippen molar-refractivity contribution in [2.75, 3.05) is 6.54 Å². The number of hydrogen-bond donors (Lipinski definition) is 1. The van der Waals surface area contributed by atoms with Crippen molar-refractivity contribution in [3.8, 4) is 0 Å². The van der Waals surface area contributed by atoms with Crippen LogP contribution in [0.3, 0.4) is 0 Å². The third-order valence-corrected chi connectivity index (χ3v) is 9.99. The van der Waals surface area contributed by atoms with Gasteiger partial charge in [0.15, 0.2) is 0 Å². The quantitative estimate of drug-likeness (QED) is 0.0434. The number of imide groups is 1. The van der Waals surface area contributed by atoms with E-state index in [1.165, 1.54) is 120 Å². The predicted octanol–water partition coefficient (Wildman–Crippen LogP) is 12.4. The lowest BCUT2D eigenvalue weighted by Gasteiger charge is -2.25. The molecule has 5 heteroatoms. The fourth-order valence-electron chi connectivity index (χ4n) is 5.92. The van der Waals surface area contributed by atoms with Crippen molar-refractivity contribution in [3.05, 3.63) is 35.7 Å². The van der Waals surface area contributed by atoms with Crippen LogP contribution in [0.2, 0.25) is 0 Å². The standard InChI is InChI=1S/C41H72NO3P/c1-3-5-7-9-11-13-15-17-19-21-23-25-27-29-31-33-40(44)42(35-39(43)38-36-46-37-38)41(45)34-32-30-28-26-24-22-20-18-16-14-12-10-8-6-4-2/h17-20,36-37,39,43H,3-16,21-35H2,1-2H3/b19-17-,20-18-. The number of aliphatic hydroxyl groups excluding tert-OH is 1. The molecule has 1 aliphatic rings. The van der Waals surface area contributed by atoms with Gasteiger partial charge in [0, 0.05) is 12.8 Å². The van der Waals surface area contributed by atoms with Crippen molar-refractivity contribution in [3.63, 3.8) is 0 Å². The number of hydrogen-bond acceptors (Lipinski definition) is 3. The van der Waals surface area contributed by atoms with Crippen molar-refractivity contribution >= 4 is 25.8 Å². The Labute approximate surface area is 286 Å². The molecule has 1 rings (SSSR count). The smallest absolute Gasteiger partial charge is 0.229 e. The summed E-state index contributed by atoms with van der Waals surface area (Å²) in [5, 5.41) is 10.6. The minimum Gasteiger partial charge on any atom is -0.387 e. The van der Waals surface area contributed by atoms with Crippen LogP contribution in [0.1, 0.15) is 194 Å². The number of unbranched alkanes of at least 4 members (excludes halogenated alkanes) is 22. The first-order valence-electron chi connectivity index (χ1n) is 19.6. The molecule has 0 aromatic heterocycles. The van der Waals surface area contributed by atoms with Gasteiger partial charge in [0.25, 0.3) is 0 Å². The highest BCUT2D eigenvalue weighted by atomic mass is 31.1. The highest BCUT2D eigenvalue weighted by Crippen LogP contribution is 2.21. The van der Waals surface area contributed by atoms with Gasteiger partial charge in [-0.1, -0.05) is 149 Å². The lowest BCUT2D eigenvalue weighted by molar-refractivity contribution is -0.146. The van der Waals surface area contributed by atoms with Crippen molar-refractivity contribution in [1.82, 2.24) is 4.90 Å². The van der Waals surface area contributed by atoms with E-state index in [0.717, 1.165) is 65.1 Å². The Kier molecular flexibility index (Phi) is 29.6. The zero-order valence-corrected chi connectivity index (χ0v) is 31.1. The van der Waals surface area contributed by atoms with E-state index >= 15 is 0 Å². The van der Waals surface area contributed by atoms with Crippen LogP contribution >= 0.6 is 8.20 Å². The van der Waals surface area contributed by atoms with Gasteiger partial charge >= 0.3 is 0 Å². The minimum absolute atomic E-state index is 0.0890. The zero-order valence-electron chi connectivity index (χ0n) is 30.2. The van der Waals surface area contributed by atoms with Gasteiger partial charge in [0.05, 0.1) is 12.6 Å². The number of carbonyl (C=O) groups excluding carboxylic acids is 2. The first-order valence-corrected chi connectivity index (χ1v) is 20.7. The van der Waals surface area contributed by atoms with E-state index in [1.54, 1.807) is 0 Å². The van der Waals surface area contributed by atoms with E-state index < -0.39 is 6.10 Å². The van der Waals surface area contributed by atoms with E-state index in [1.807, 2.05) is 11.6 Å². The normalized spacial score (nSPS) is 13.8. The molecule has 0 aromatic carbocycles. The second-order valence-corrected chi connectivity index (χ2v) is 14.3. The Bertz CT molecular complexity index is 810. The Balaban J connectivity index is 2.17. The van der Waals surface area contributed by atoms with E-state index in [0.29, 0.717) is 12.8 Å². The van der Waals surface area contributed by atoms with Crippen LogP contribution in [0.15, 0.2) is 35.7 Å². The monoisotopic (exact) mass is 658 g/mol. The highest BCUT2D eigenvalue weighted by molar-refractivity contribution is 7.45. The summed E-state index contributed by atoms with van der Waals surface area (Å²) in [5.74, 6) is 3.66. The number of amides is 2. The summed E-state index contributed by atoms with van der Waals surface area (Å²) in [4.78, 5) is 27.5. The molecule has 0 saturated heterocycles. The van der Waals surface area contributed by atoms with Gasteiger partial charge < -0.3 is 5.11 Å². The van der Waals surface area contributed by atoms with Gasteiger partial charge in [0.1, 0.15) is 0 Å². The van der Waals surface area contributed by atoms with Gasteiger partial charge in [-0.2, -0.15) is 0 Å². The summed E-state index contributed by atoms with van der Waals surface area (Å²) in [6.45, 7) is 4.62. The summed E-state index contributed by atoms with van der Waals surface area (Å²) in [6, 6.07) is 0. The number of carbonyl (C=O) groups is 2. The van der Waals surface area contributed by atoms with Crippen molar-refractivity contribution in [2.24, 2.45) is 0 Å². The molecule has 0 fully saturated rings. The maximum Gasteiger partial charge on any atom is 0.229 e. The first-order chi connectivity index (χ1) is 22.6. The fraction of sp³-hybridized carbons (Fsp3) is 0.780. The molecule has 1 unspecified atom stereocenters. The molecule has 0 spiro atoms. The van der Waals surface area contributed by atoms with Crippen LogP contribution < -0.4 is 0 Å². The predicted molar refractivity (Wildman–Crippen MR) is 203 cm³/mol. The number of aliphatic hydroxyl groups is 1. The topological polar surface area (TPSA) is 57.6 Å². The zero-order chi connectivity index (χ0) is 33.3. The molecule has 1 aliphatic heterocycles. The molecule has 0 bridgehead atoms. The van der Waals surface area contributed by atoms with E-state index in [4.69, 9.17) is 0 Å². The van der Waals surface area contributed by atoms with Gasteiger partial charge in [0.2, 0.25) is 11.8 Å². The first kappa shape index (κ1) is 42.5. The molecule has 264 valence electrons. The lowest BCUT2D eigenvalue weighted by Crippen LogP contribution is -2.42. The molecule has 1 atom stereocenters. The molecule has 0 aliphatic carbocycles. The van der Waals surface area contributed by atoms with Gasteiger partial charge in [-0.05, 0) is 81.4 Å². The number of allylic oxidation sites excluding steroid dienone is 4. The molecule has 0 aromatic rings. The molecular weight excluding hydrogens is 585 g/mol. The summed E-state index contributed by atoms with van der Waals surface area (Å²) in [6.07, 6.45) is 41.1. The number of nitrogens with zero attached hydrogens (tertiary/aromatic N) is 1. The third kappa shape index (κ3) is 24.6. The highest BCUT2D eigenvalue weighted by Gasteiger charge is 2.25. The molecular formula is C41H72NO3P. The second kappa shape index (κ2) is 32.1. The molecule has 4 nitrogen and oxygen atoms in total. The molecule has 1 N–H and O–H groups in total. The summed E-state index contributed by atoms with van der Waals surface area (Å²) in [5.41, 5.74) is 0.842. The molecule has 46 heavy (non-hydrogen) atoms. The average molecular weight is 658 g/mol. The van der Waals surface area contributed by atoms with E-state index in [9.17, 15) is 14.7 Å². The van der Waals surface area contributed by atoms with Crippen molar-refractivity contribution < 1.29 is 14.7 Å². The van der Waals surface area contributed by atoms with Crippen molar-refractivity contribution in [1.29, 1.82) is 0 Å². The Morgan fingerprint density at radius 3 is 1.24 bits per heavy atom. The Hall–Kier alpha value is -1.51. The second-order valence-electron chi connectivity index (χ2n) is 13.5. The molecule has 1 heterocycles. The largest absolute Gasteiger partial charge is 0.387 e. The van der Waals surface area contributed by atoms with E-state index in [-0.39, 0.29) is 18.4 Å². The van der Waals surface area contributed by atoms with E-state index in [2.05, 4.69) is 38.2 Å². The molecule has 2 amide bonds. The fourth-order valence-corrected chi connectivity index (χ4v) is 6.58. The number of rotatable bonds is 33.